The van der Waals surface area contributed by atoms with Crippen LogP contribution in [-0.2, 0) is 0 Å². The normalized spacial score (nSPS) is 23.5. The zero-order chi connectivity index (χ0) is 17.6. The van der Waals surface area contributed by atoms with Crippen LogP contribution in [0.4, 0.5) is 15.8 Å². The lowest BCUT2D eigenvalue weighted by atomic mass is 9.77. The highest BCUT2D eigenvalue weighted by Crippen LogP contribution is 2.50. The van der Waals surface area contributed by atoms with Crippen molar-refractivity contribution in [3.05, 3.63) is 75.6 Å². The maximum atomic E-state index is 14.3. The molecule has 5 nitrogen and oxygen atoms in total. The van der Waals surface area contributed by atoms with Crippen molar-refractivity contribution in [1.29, 1.82) is 0 Å². The van der Waals surface area contributed by atoms with E-state index in [0.717, 1.165) is 17.5 Å². The van der Waals surface area contributed by atoms with Gasteiger partial charge in [-0.2, -0.15) is 0 Å². The topological polar surface area (TPSA) is 64.4 Å². The zero-order valence-corrected chi connectivity index (χ0v) is 13.6. The second-order valence-corrected chi connectivity index (χ2v) is 6.37. The van der Waals surface area contributed by atoms with Gasteiger partial charge in [-0.25, -0.2) is 4.39 Å². The van der Waals surface area contributed by atoms with Gasteiger partial charge in [0, 0.05) is 12.0 Å². The second-order valence-electron chi connectivity index (χ2n) is 6.37. The zero-order valence-electron chi connectivity index (χ0n) is 13.6. The molecule has 2 aromatic carbocycles. The predicted octanol–water partition coefficient (Wildman–Crippen LogP) is 4.57. The Balaban J connectivity index is 1.80. The molecule has 1 aliphatic heterocycles. The SMILES string of the molecule is COc1ccc([C@@H]2Nc3c(F)cccc3[C@H]3C=CC[C@H]32)cc1[N+](=O)[O-]. The minimum Gasteiger partial charge on any atom is -0.490 e. The summed E-state index contributed by atoms with van der Waals surface area (Å²) in [6.45, 7) is 0. The van der Waals surface area contributed by atoms with Crippen LogP contribution in [0.1, 0.15) is 29.5 Å². The summed E-state index contributed by atoms with van der Waals surface area (Å²) in [6.07, 6.45) is 5.05. The average molecular weight is 340 g/mol. The summed E-state index contributed by atoms with van der Waals surface area (Å²) in [7, 11) is 1.41. The number of nitro benzene ring substituents is 1. The third-order valence-corrected chi connectivity index (χ3v) is 5.10. The molecule has 3 atom stereocenters. The first-order valence-corrected chi connectivity index (χ1v) is 8.14. The lowest BCUT2D eigenvalue weighted by Gasteiger charge is -2.37. The van der Waals surface area contributed by atoms with Crippen molar-refractivity contribution in [1.82, 2.24) is 0 Å². The van der Waals surface area contributed by atoms with E-state index in [1.807, 2.05) is 12.1 Å². The Labute approximate surface area is 144 Å². The molecular weight excluding hydrogens is 323 g/mol. The average Bonchev–Trinajstić information content (AvgIpc) is 3.11. The highest BCUT2D eigenvalue weighted by molar-refractivity contribution is 5.61. The number of halogens is 1. The number of hydrogen-bond donors (Lipinski definition) is 1. The highest BCUT2D eigenvalue weighted by Gasteiger charge is 2.39. The van der Waals surface area contributed by atoms with Crippen molar-refractivity contribution in [3.63, 3.8) is 0 Å². The Hall–Kier alpha value is -2.89. The van der Waals surface area contributed by atoms with Crippen molar-refractivity contribution < 1.29 is 14.1 Å². The van der Waals surface area contributed by atoms with Gasteiger partial charge in [0.15, 0.2) is 5.75 Å². The maximum absolute atomic E-state index is 14.3. The van der Waals surface area contributed by atoms with Gasteiger partial charge in [-0.05, 0) is 35.6 Å². The summed E-state index contributed by atoms with van der Waals surface area (Å²) in [5.41, 5.74) is 2.11. The van der Waals surface area contributed by atoms with Crippen molar-refractivity contribution in [2.45, 2.75) is 18.4 Å². The molecule has 2 aromatic rings. The molecule has 0 fully saturated rings. The lowest BCUT2D eigenvalue weighted by molar-refractivity contribution is -0.385. The van der Waals surface area contributed by atoms with Crippen molar-refractivity contribution in [2.24, 2.45) is 5.92 Å². The minimum absolute atomic E-state index is 0.0800. The van der Waals surface area contributed by atoms with Crippen LogP contribution in [0, 0.1) is 21.8 Å². The molecule has 0 spiro atoms. The Morgan fingerprint density at radius 1 is 1.32 bits per heavy atom. The standard InChI is InChI=1S/C19H17FN2O3/c1-25-17-9-8-11(10-16(17)22(23)24)18-13-5-2-4-12(13)14-6-3-7-15(20)19(14)21-18/h2-4,6-10,12-13,18,21H,5H2,1H3/t12-,13+,18-/m0/s1. The molecule has 1 aliphatic carbocycles. The minimum atomic E-state index is -0.454. The number of nitrogens with one attached hydrogen (secondary N) is 1. The van der Waals surface area contributed by atoms with Gasteiger partial charge in [0.05, 0.1) is 23.8 Å². The monoisotopic (exact) mass is 340 g/mol. The van der Waals surface area contributed by atoms with E-state index in [1.54, 1.807) is 12.1 Å². The predicted molar refractivity (Wildman–Crippen MR) is 92.4 cm³/mol. The number of rotatable bonds is 3. The molecule has 6 heteroatoms. The first-order valence-electron chi connectivity index (χ1n) is 8.14. The molecule has 0 bridgehead atoms. The van der Waals surface area contributed by atoms with E-state index in [2.05, 4.69) is 17.5 Å². The third kappa shape index (κ3) is 2.45. The first kappa shape index (κ1) is 15.6. The fourth-order valence-corrected chi connectivity index (χ4v) is 3.96. The Kier molecular flexibility index (Phi) is 3.67. The van der Waals surface area contributed by atoms with E-state index in [1.165, 1.54) is 19.2 Å². The molecule has 0 aromatic heterocycles. The van der Waals surface area contributed by atoms with Crippen molar-refractivity contribution >= 4 is 11.4 Å². The smallest absolute Gasteiger partial charge is 0.311 e. The van der Waals surface area contributed by atoms with Gasteiger partial charge in [0.1, 0.15) is 5.82 Å². The molecular formula is C19H17FN2O3. The van der Waals surface area contributed by atoms with E-state index in [0.29, 0.717) is 5.69 Å². The molecule has 1 heterocycles. The number of ether oxygens (including phenoxy) is 1. The van der Waals surface area contributed by atoms with Crippen LogP contribution in [-0.4, -0.2) is 12.0 Å². The molecule has 0 saturated heterocycles. The van der Waals surface area contributed by atoms with Gasteiger partial charge in [-0.15, -0.1) is 0 Å². The molecule has 0 saturated carbocycles. The number of nitrogens with zero attached hydrogens (tertiary/aromatic N) is 1. The maximum Gasteiger partial charge on any atom is 0.311 e. The number of allylic oxidation sites excluding steroid dienone is 2. The summed E-state index contributed by atoms with van der Waals surface area (Å²) >= 11 is 0. The summed E-state index contributed by atoms with van der Waals surface area (Å²) in [5, 5.41) is 14.6. The van der Waals surface area contributed by atoms with Gasteiger partial charge in [-0.1, -0.05) is 30.4 Å². The number of anilines is 1. The van der Waals surface area contributed by atoms with E-state index in [9.17, 15) is 14.5 Å². The summed E-state index contributed by atoms with van der Waals surface area (Å²) in [5.74, 6) is 0.224. The second kappa shape index (κ2) is 5.88. The van der Waals surface area contributed by atoms with Gasteiger partial charge in [0.2, 0.25) is 0 Å². The van der Waals surface area contributed by atoms with Crippen LogP contribution < -0.4 is 10.1 Å². The molecule has 0 unspecified atom stereocenters. The van der Waals surface area contributed by atoms with Gasteiger partial charge >= 0.3 is 5.69 Å². The van der Waals surface area contributed by atoms with Crippen LogP contribution in [0.25, 0.3) is 0 Å². The largest absolute Gasteiger partial charge is 0.490 e. The molecule has 0 radical (unpaired) electrons. The number of benzene rings is 2. The van der Waals surface area contributed by atoms with Crippen LogP contribution in [0.2, 0.25) is 0 Å². The Morgan fingerprint density at radius 3 is 2.92 bits per heavy atom. The number of fused-ring (bicyclic) bond motifs is 3. The summed E-state index contributed by atoms with van der Waals surface area (Å²) < 4.78 is 19.4. The van der Waals surface area contributed by atoms with Gasteiger partial charge in [0.25, 0.3) is 0 Å². The molecule has 4 rings (SSSR count). The van der Waals surface area contributed by atoms with Crippen LogP contribution >= 0.6 is 0 Å². The fraction of sp³-hybridized carbons (Fsp3) is 0.263. The molecule has 2 aliphatic rings. The van der Waals surface area contributed by atoms with E-state index >= 15 is 0 Å². The summed E-state index contributed by atoms with van der Waals surface area (Å²) in [6, 6.07) is 9.82. The van der Waals surface area contributed by atoms with Crippen LogP contribution in [0.15, 0.2) is 48.6 Å². The molecule has 128 valence electrons. The molecule has 0 amide bonds. The van der Waals surface area contributed by atoms with E-state index in [-0.39, 0.29) is 35.1 Å². The fourth-order valence-electron chi connectivity index (χ4n) is 3.96. The van der Waals surface area contributed by atoms with Crippen molar-refractivity contribution in [2.75, 3.05) is 12.4 Å². The van der Waals surface area contributed by atoms with Gasteiger partial charge < -0.3 is 10.1 Å². The lowest BCUT2D eigenvalue weighted by Crippen LogP contribution is -2.29. The molecule has 25 heavy (non-hydrogen) atoms. The Bertz CT molecular complexity index is 881. The van der Waals surface area contributed by atoms with E-state index in [4.69, 9.17) is 4.74 Å². The van der Waals surface area contributed by atoms with Crippen molar-refractivity contribution in [3.8, 4) is 5.75 Å². The van der Waals surface area contributed by atoms with Gasteiger partial charge in [-0.3, -0.25) is 10.1 Å². The Morgan fingerprint density at radius 2 is 2.16 bits per heavy atom. The number of nitro groups is 1. The molecule has 1 N–H and O–H groups in total. The number of methoxy groups -OCH3 is 1. The van der Waals surface area contributed by atoms with Crippen LogP contribution in [0.5, 0.6) is 5.75 Å². The quantitative estimate of drug-likeness (QED) is 0.505. The summed E-state index contributed by atoms with van der Waals surface area (Å²) in [4.78, 5) is 10.9. The first-order chi connectivity index (χ1) is 12.1. The van der Waals surface area contributed by atoms with Crippen LogP contribution in [0.3, 0.4) is 0 Å². The van der Waals surface area contributed by atoms with E-state index < -0.39 is 4.92 Å². The number of para-hydroxylation sites is 1. The number of hydrogen-bond acceptors (Lipinski definition) is 4. The highest BCUT2D eigenvalue weighted by atomic mass is 19.1. The third-order valence-electron chi connectivity index (χ3n) is 5.10.